The third kappa shape index (κ3) is 3.87. The second-order valence-corrected chi connectivity index (χ2v) is 7.09. The zero-order chi connectivity index (χ0) is 20.4. The van der Waals surface area contributed by atoms with E-state index in [0.29, 0.717) is 12.0 Å². The first-order chi connectivity index (χ1) is 14.0. The van der Waals surface area contributed by atoms with Gasteiger partial charge < -0.3 is 19.4 Å². The molecule has 0 fully saturated rings. The Morgan fingerprint density at radius 3 is 2.79 bits per heavy atom. The number of carbonyl (C=O) groups excluding carboxylic acids is 2. The van der Waals surface area contributed by atoms with Crippen LogP contribution in [-0.4, -0.2) is 18.9 Å². The van der Waals surface area contributed by atoms with Crippen molar-refractivity contribution < 1.29 is 18.7 Å². The molecule has 2 aromatic carbocycles. The summed E-state index contributed by atoms with van der Waals surface area (Å²) in [5.74, 6) is 0.741. The predicted molar refractivity (Wildman–Crippen MR) is 109 cm³/mol. The number of benzene rings is 2. The molecule has 0 saturated heterocycles. The molecule has 2 heterocycles. The van der Waals surface area contributed by atoms with Crippen LogP contribution in [0.3, 0.4) is 0 Å². The normalized spacial score (nSPS) is 13.9. The van der Waals surface area contributed by atoms with Gasteiger partial charge in [0.1, 0.15) is 12.4 Å². The van der Waals surface area contributed by atoms with Gasteiger partial charge in [-0.2, -0.15) is 0 Å². The number of amides is 2. The summed E-state index contributed by atoms with van der Waals surface area (Å²) in [6.07, 6.45) is 1.87. The Hall–Kier alpha value is -3.54. The number of likely N-dealkylation sites (N-methyl/N-ethyl adjacent to an activating group) is 1. The molecule has 0 saturated carbocycles. The van der Waals surface area contributed by atoms with Crippen LogP contribution in [0.2, 0.25) is 0 Å². The van der Waals surface area contributed by atoms with Gasteiger partial charge in [-0.1, -0.05) is 30.3 Å². The van der Waals surface area contributed by atoms with Crippen molar-refractivity contribution in [2.45, 2.75) is 26.0 Å². The minimum absolute atomic E-state index is 0.0764. The molecule has 1 atom stereocenters. The first-order valence-electron chi connectivity index (χ1n) is 9.47. The van der Waals surface area contributed by atoms with Crippen molar-refractivity contribution in [1.82, 2.24) is 5.32 Å². The summed E-state index contributed by atoms with van der Waals surface area (Å²) in [4.78, 5) is 26.3. The maximum absolute atomic E-state index is 12.7. The van der Waals surface area contributed by atoms with E-state index in [1.165, 1.54) is 6.26 Å². The molecule has 0 spiro atoms. The van der Waals surface area contributed by atoms with Crippen LogP contribution in [0.5, 0.6) is 5.75 Å². The minimum Gasteiger partial charge on any atom is -0.489 e. The lowest BCUT2D eigenvalue weighted by atomic mass is 10.0. The van der Waals surface area contributed by atoms with E-state index in [2.05, 4.69) is 5.32 Å². The lowest BCUT2D eigenvalue weighted by Gasteiger charge is -2.16. The molecular weight excluding hydrogens is 368 g/mol. The molecule has 1 aromatic heterocycles. The molecule has 0 bridgehead atoms. The van der Waals surface area contributed by atoms with E-state index in [-0.39, 0.29) is 30.2 Å². The van der Waals surface area contributed by atoms with Gasteiger partial charge in [-0.3, -0.25) is 9.59 Å². The number of nitrogens with zero attached hydrogens (tertiary/aromatic N) is 1. The first kappa shape index (κ1) is 18.8. The van der Waals surface area contributed by atoms with Crippen LogP contribution in [0.15, 0.2) is 65.3 Å². The van der Waals surface area contributed by atoms with Crippen LogP contribution in [-0.2, 0) is 17.8 Å². The summed E-state index contributed by atoms with van der Waals surface area (Å²) in [6, 6.07) is 16.7. The van der Waals surface area contributed by atoms with Crippen LogP contribution in [0, 0.1) is 0 Å². The van der Waals surface area contributed by atoms with Crippen LogP contribution in [0.25, 0.3) is 0 Å². The summed E-state index contributed by atoms with van der Waals surface area (Å²) < 4.78 is 11.1. The predicted octanol–water partition coefficient (Wildman–Crippen LogP) is 3.87. The summed E-state index contributed by atoms with van der Waals surface area (Å²) in [6.45, 7) is 2.15. The molecule has 3 aromatic rings. The Bertz CT molecular complexity index is 1040. The molecule has 4 rings (SSSR count). The second kappa shape index (κ2) is 7.83. The summed E-state index contributed by atoms with van der Waals surface area (Å²) >= 11 is 0. The van der Waals surface area contributed by atoms with E-state index < -0.39 is 0 Å². The molecule has 6 heteroatoms. The van der Waals surface area contributed by atoms with Crippen molar-refractivity contribution in [1.29, 1.82) is 0 Å². The summed E-state index contributed by atoms with van der Waals surface area (Å²) in [7, 11) is 1.77. The molecule has 1 N–H and O–H groups in total. The molecule has 6 nitrogen and oxygen atoms in total. The number of hydrogen-bond acceptors (Lipinski definition) is 4. The number of fused-ring (bicyclic) bond motifs is 1. The molecular formula is C23H22N2O4. The van der Waals surface area contributed by atoms with Crippen molar-refractivity contribution in [2.75, 3.05) is 11.9 Å². The first-order valence-corrected chi connectivity index (χ1v) is 9.47. The van der Waals surface area contributed by atoms with E-state index in [4.69, 9.17) is 9.15 Å². The number of furan rings is 1. The second-order valence-electron chi connectivity index (χ2n) is 7.09. The SMILES string of the molecule is CC(NC(=O)c1occc1COc1ccccc1)c1ccc2c(c1)CC(=O)N2C. The van der Waals surface area contributed by atoms with Crippen molar-refractivity contribution in [3.05, 3.63) is 83.3 Å². The monoisotopic (exact) mass is 390 g/mol. The zero-order valence-electron chi connectivity index (χ0n) is 16.3. The van der Waals surface area contributed by atoms with E-state index >= 15 is 0 Å². The number of para-hydroxylation sites is 1. The van der Waals surface area contributed by atoms with Crippen LogP contribution in [0.1, 0.15) is 40.2 Å². The zero-order valence-corrected chi connectivity index (χ0v) is 16.3. The maximum Gasteiger partial charge on any atom is 0.287 e. The standard InChI is InChI=1S/C23H22N2O4/c1-15(16-8-9-20-18(12-16)13-21(26)25(20)2)24-23(27)22-17(10-11-28-22)14-29-19-6-4-3-5-7-19/h3-12,15H,13-14H2,1-2H3,(H,24,27). The third-order valence-electron chi connectivity index (χ3n) is 5.12. The fourth-order valence-corrected chi connectivity index (χ4v) is 3.43. The summed E-state index contributed by atoms with van der Waals surface area (Å²) in [5.41, 5.74) is 3.52. The highest BCUT2D eigenvalue weighted by molar-refractivity contribution is 6.01. The number of nitrogens with one attached hydrogen (secondary N) is 1. The average molecular weight is 390 g/mol. The molecule has 1 unspecified atom stereocenters. The Balaban J connectivity index is 1.43. The van der Waals surface area contributed by atoms with Gasteiger partial charge in [0.2, 0.25) is 5.91 Å². The van der Waals surface area contributed by atoms with Gasteiger partial charge in [0, 0.05) is 18.3 Å². The molecule has 1 aliphatic heterocycles. The van der Waals surface area contributed by atoms with E-state index in [0.717, 1.165) is 22.6 Å². The van der Waals surface area contributed by atoms with Gasteiger partial charge in [-0.15, -0.1) is 0 Å². The topological polar surface area (TPSA) is 71.8 Å². The molecule has 0 aliphatic carbocycles. The van der Waals surface area contributed by atoms with Crippen molar-refractivity contribution >= 4 is 17.5 Å². The average Bonchev–Trinajstić information content (AvgIpc) is 3.31. The minimum atomic E-state index is -0.303. The molecule has 148 valence electrons. The Morgan fingerprint density at radius 2 is 2.00 bits per heavy atom. The number of anilines is 1. The Morgan fingerprint density at radius 1 is 1.21 bits per heavy atom. The highest BCUT2D eigenvalue weighted by atomic mass is 16.5. The number of carbonyl (C=O) groups is 2. The maximum atomic E-state index is 12.7. The number of ether oxygens (including phenoxy) is 1. The van der Waals surface area contributed by atoms with Gasteiger partial charge in [0.15, 0.2) is 5.76 Å². The quantitative estimate of drug-likeness (QED) is 0.694. The lowest BCUT2D eigenvalue weighted by Crippen LogP contribution is -2.27. The molecule has 2 amide bonds. The van der Waals surface area contributed by atoms with E-state index in [9.17, 15) is 9.59 Å². The Labute approximate surface area is 169 Å². The summed E-state index contributed by atoms with van der Waals surface area (Å²) in [5, 5.41) is 2.96. The largest absolute Gasteiger partial charge is 0.489 e. The smallest absolute Gasteiger partial charge is 0.287 e. The van der Waals surface area contributed by atoms with Crippen molar-refractivity contribution in [3.8, 4) is 5.75 Å². The van der Waals surface area contributed by atoms with Crippen LogP contribution < -0.4 is 15.0 Å². The molecule has 29 heavy (non-hydrogen) atoms. The number of hydrogen-bond donors (Lipinski definition) is 1. The van der Waals surface area contributed by atoms with E-state index in [1.54, 1.807) is 18.0 Å². The van der Waals surface area contributed by atoms with Crippen molar-refractivity contribution in [2.24, 2.45) is 0 Å². The third-order valence-corrected chi connectivity index (χ3v) is 5.12. The fourth-order valence-electron chi connectivity index (χ4n) is 3.43. The van der Waals surface area contributed by atoms with Crippen LogP contribution in [0.4, 0.5) is 5.69 Å². The fraction of sp³-hybridized carbons (Fsp3) is 0.217. The Kier molecular flexibility index (Phi) is 5.08. The van der Waals surface area contributed by atoms with Gasteiger partial charge >= 0.3 is 0 Å². The van der Waals surface area contributed by atoms with Crippen LogP contribution >= 0.6 is 0 Å². The molecule has 0 radical (unpaired) electrons. The number of rotatable bonds is 6. The van der Waals surface area contributed by atoms with Gasteiger partial charge in [-0.05, 0) is 42.3 Å². The molecule has 1 aliphatic rings. The lowest BCUT2D eigenvalue weighted by molar-refractivity contribution is -0.117. The highest BCUT2D eigenvalue weighted by Gasteiger charge is 2.25. The van der Waals surface area contributed by atoms with Gasteiger partial charge in [0.05, 0.1) is 18.7 Å². The van der Waals surface area contributed by atoms with E-state index in [1.807, 2.05) is 55.5 Å². The highest BCUT2D eigenvalue weighted by Crippen LogP contribution is 2.30. The van der Waals surface area contributed by atoms with Gasteiger partial charge in [-0.25, -0.2) is 0 Å². The van der Waals surface area contributed by atoms with Gasteiger partial charge in [0.25, 0.3) is 5.91 Å². The van der Waals surface area contributed by atoms with Crippen molar-refractivity contribution in [3.63, 3.8) is 0 Å².